The Morgan fingerprint density at radius 1 is 1.13 bits per heavy atom. The van der Waals surface area contributed by atoms with Crippen molar-refractivity contribution >= 4 is 28.3 Å². The number of carbonyl (C=O) groups is 2. The first-order valence-electron chi connectivity index (χ1n) is 7.48. The van der Waals surface area contributed by atoms with Crippen LogP contribution in [0, 0.1) is 0 Å². The third-order valence-corrected chi connectivity index (χ3v) is 4.20. The van der Waals surface area contributed by atoms with E-state index in [0.29, 0.717) is 18.1 Å². The van der Waals surface area contributed by atoms with Gasteiger partial charge in [-0.15, -0.1) is 10.2 Å². The Kier molecular flexibility index (Phi) is 6.22. The number of carbonyl (C=O) groups excluding carboxylic acids is 2. The number of hydrogen-bond acceptors (Lipinski definition) is 5. The first kappa shape index (κ1) is 17.1. The summed E-state index contributed by atoms with van der Waals surface area (Å²) >= 11 is 1.37. The third-order valence-electron chi connectivity index (χ3n) is 3.06. The topological polar surface area (TPSA) is 84.0 Å². The zero-order valence-corrected chi connectivity index (χ0v) is 14.0. The second kappa shape index (κ2) is 8.38. The number of nitrogens with zero attached hydrogens (tertiary/aromatic N) is 2. The minimum atomic E-state index is -0.184. The molecule has 0 aliphatic rings. The van der Waals surface area contributed by atoms with E-state index in [0.717, 1.165) is 10.6 Å². The van der Waals surface area contributed by atoms with E-state index >= 15 is 0 Å². The molecule has 0 aliphatic carbocycles. The van der Waals surface area contributed by atoms with Crippen molar-refractivity contribution in [2.75, 3.05) is 11.9 Å². The molecule has 1 heterocycles. The lowest BCUT2D eigenvalue weighted by molar-refractivity contribution is -0.120. The first-order chi connectivity index (χ1) is 11.0. The predicted octanol–water partition coefficient (Wildman–Crippen LogP) is 2.35. The lowest BCUT2D eigenvalue weighted by atomic mass is 10.1. The van der Waals surface area contributed by atoms with Crippen LogP contribution < -0.4 is 10.6 Å². The summed E-state index contributed by atoms with van der Waals surface area (Å²) < 4.78 is 0. The van der Waals surface area contributed by atoms with Crippen molar-refractivity contribution in [3.05, 3.63) is 40.9 Å². The smallest absolute Gasteiger partial charge is 0.227 e. The highest BCUT2D eigenvalue weighted by Crippen LogP contribution is 2.22. The zero-order valence-electron chi connectivity index (χ0n) is 13.2. The number of nitrogens with one attached hydrogen (secondary N) is 2. The van der Waals surface area contributed by atoms with Gasteiger partial charge in [0.2, 0.25) is 16.9 Å². The molecule has 0 fully saturated rings. The molecule has 23 heavy (non-hydrogen) atoms. The summed E-state index contributed by atoms with van der Waals surface area (Å²) in [5, 5.41) is 14.7. The number of benzene rings is 1. The van der Waals surface area contributed by atoms with E-state index in [1.54, 1.807) is 0 Å². The summed E-state index contributed by atoms with van der Waals surface area (Å²) in [7, 11) is 0. The van der Waals surface area contributed by atoms with E-state index in [1.807, 2.05) is 44.2 Å². The Morgan fingerprint density at radius 2 is 1.87 bits per heavy atom. The van der Waals surface area contributed by atoms with Gasteiger partial charge in [-0.25, -0.2) is 0 Å². The molecule has 122 valence electrons. The Labute approximate surface area is 139 Å². The van der Waals surface area contributed by atoms with Crippen LogP contribution in [0.3, 0.4) is 0 Å². The van der Waals surface area contributed by atoms with E-state index in [9.17, 15) is 9.59 Å². The van der Waals surface area contributed by atoms with Crippen LogP contribution in [-0.2, 0) is 16.0 Å². The van der Waals surface area contributed by atoms with Crippen LogP contribution in [0.25, 0.3) is 0 Å². The van der Waals surface area contributed by atoms with Crippen molar-refractivity contribution in [3.8, 4) is 0 Å². The number of rotatable bonds is 7. The number of hydrogen-bond donors (Lipinski definition) is 2. The van der Waals surface area contributed by atoms with E-state index in [1.165, 1.54) is 11.3 Å². The van der Waals surface area contributed by atoms with Crippen LogP contribution in [0.2, 0.25) is 0 Å². The fourth-order valence-corrected chi connectivity index (χ4v) is 2.62. The van der Waals surface area contributed by atoms with Crippen LogP contribution >= 0.6 is 11.3 Å². The van der Waals surface area contributed by atoms with Gasteiger partial charge >= 0.3 is 0 Å². The van der Waals surface area contributed by atoms with E-state index < -0.39 is 0 Å². The second-order valence-electron chi connectivity index (χ2n) is 5.41. The summed E-state index contributed by atoms with van der Waals surface area (Å²) in [5.41, 5.74) is 0.949. The predicted molar refractivity (Wildman–Crippen MR) is 90.4 cm³/mol. The molecule has 2 rings (SSSR count). The number of aromatic nitrogens is 2. The highest BCUT2D eigenvalue weighted by molar-refractivity contribution is 7.15. The SMILES string of the molecule is CC(C)c1nnc(NC(=O)CCNC(=O)Cc2ccccc2)s1. The molecule has 1 aromatic heterocycles. The van der Waals surface area contributed by atoms with Crippen LogP contribution in [0.15, 0.2) is 30.3 Å². The molecule has 2 amide bonds. The molecule has 0 saturated carbocycles. The monoisotopic (exact) mass is 332 g/mol. The minimum absolute atomic E-state index is 0.0954. The summed E-state index contributed by atoms with van der Waals surface area (Å²) in [4.78, 5) is 23.6. The molecule has 0 spiro atoms. The highest BCUT2D eigenvalue weighted by Gasteiger charge is 2.10. The molecule has 0 bridgehead atoms. The normalized spacial score (nSPS) is 10.6. The Bertz CT molecular complexity index is 655. The Balaban J connectivity index is 1.69. The number of amides is 2. The molecule has 0 aliphatic heterocycles. The van der Waals surface area contributed by atoms with Crippen LogP contribution in [0.4, 0.5) is 5.13 Å². The fourth-order valence-electron chi connectivity index (χ4n) is 1.86. The van der Waals surface area contributed by atoms with Gasteiger partial charge in [0.1, 0.15) is 5.01 Å². The van der Waals surface area contributed by atoms with Crippen molar-refractivity contribution in [1.82, 2.24) is 15.5 Å². The lowest BCUT2D eigenvalue weighted by Gasteiger charge is -2.05. The summed E-state index contributed by atoms with van der Waals surface area (Å²) in [5.74, 6) is 0.00824. The van der Waals surface area contributed by atoms with Crippen molar-refractivity contribution in [1.29, 1.82) is 0 Å². The molecule has 6 nitrogen and oxygen atoms in total. The Hall–Kier alpha value is -2.28. The maximum absolute atomic E-state index is 11.8. The molecule has 7 heteroatoms. The van der Waals surface area contributed by atoms with Crippen molar-refractivity contribution in [3.63, 3.8) is 0 Å². The Morgan fingerprint density at radius 3 is 2.52 bits per heavy atom. The van der Waals surface area contributed by atoms with Crippen molar-refractivity contribution in [2.45, 2.75) is 32.6 Å². The first-order valence-corrected chi connectivity index (χ1v) is 8.30. The van der Waals surface area contributed by atoms with Crippen LogP contribution in [0.5, 0.6) is 0 Å². The van der Waals surface area contributed by atoms with Crippen LogP contribution in [-0.4, -0.2) is 28.6 Å². The average Bonchev–Trinajstić information content (AvgIpc) is 2.97. The fraction of sp³-hybridized carbons (Fsp3) is 0.375. The van der Waals surface area contributed by atoms with Gasteiger partial charge in [0.05, 0.1) is 6.42 Å². The quantitative estimate of drug-likeness (QED) is 0.815. The standard InChI is InChI=1S/C16H20N4O2S/c1-11(2)15-19-20-16(23-15)18-13(21)8-9-17-14(22)10-12-6-4-3-5-7-12/h3-7,11H,8-10H2,1-2H3,(H,17,22)(H,18,20,21). The maximum atomic E-state index is 11.8. The van der Waals surface area contributed by atoms with E-state index in [-0.39, 0.29) is 24.2 Å². The molecule has 0 radical (unpaired) electrons. The maximum Gasteiger partial charge on any atom is 0.227 e. The summed E-state index contributed by atoms with van der Waals surface area (Å²) in [6.45, 7) is 4.34. The van der Waals surface area contributed by atoms with Crippen LogP contribution in [0.1, 0.15) is 36.8 Å². The van der Waals surface area contributed by atoms with Gasteiger partial charge in [-0.2, -0.15) is 0 Å². The second-order valence-corrected chi connectivity index (χ2v) is 6.42. The van der Waals surface area contributed by atoms with E-state index in [4.69, 9.17) is 0 Å². The van der Waals surface area contributed by atoms with Gasteiger partial charge in [0, 0.05) is 18.9 Å². The van der Waals surface area contributed by atoms with Gasteiger partial charge in [0.25, 0.3) is 0 Å². The average molecular weight is 332 g/mol. The molecule has 0 saturated heterocycles. The summed E-state index contributed by atoms with van der Waals surface area (Å²) in [6, 6.07) is 9.49. The van der Waals surface area contributed by atoms with Gasteiger partial charge in [-0.3, -0.25) is 9.59 Å². The molecular formula is C16H20N4O2S. The molecule has 2 aromatic rings. The third kappa shape index (κ3) is 5.78. The van der Waals surface area contributed by atoms with Gasteiger partial charge in [-0.1, -0.05) is 55.5 Å². The lowest BCUT2D eigenvalue weighted by Crippen LogP contribution is -2.28. The van der Waals surface area contributed by atoms with Crippen molar-refractivity contribution in [2.24, 2.45) is 0 Å². The van der Waals surface area contributed by atoms with Gasteiger partial charge < -0.3 is 10.6 Å². The zero-order chi connectivity index (χ0) is 16.7. The highest BCUT2D eigenvalue weighted by atomic mass is 32.1. The van der Waals surface area contributed by atoms with Gasteiger partial charge in [0.15, 0.2) is 0 Å². The molecular weight excluding hydrogens is 312 g/mol. The van der Waals surface area contributed by atoms with Gasteiger partial charge in [-0.05, 0) is 5.56 Å². The minimum Gasteiger partial charge on any atom is -0.355 e. The molecule has 2 N–H and O–H groups in total. The van der Waals surface area contributed by atoms with Crippen molar-refractivity contribution < 1.29 is 9.59 Å². The number of anilines is 1. The largest absolute Gasteiger partial charge is 0.355 e. The molecule has 1 aromatic carbocycles. The molecule has 0 unspecified atom stereocenters. The van der Waals surface area contributed by atoms with E-state index in [2.05, 4.69) is 20.8 Å². The summed E-state index contributed by atoms with van der Waals surface area (Å²) in [6.07, 6.45) is 0.522. The molecule has 0 atom stereocenters.